The molecule has 0 aliphatic carbocycles. The van der Waals surface area contributed by atoms with E-state index in [0.717, 1.165) is 30.6 Å². The van der Waals surface area contributed by atoms with E-state index in [4.69, 9.17) is 17.3 Å². The third kappa shape index (κ3) is 6.44. The van der Waals surface area contributed by atoms with Gasteiger partial charge in [0.15, 0.2) is 0 Å². The van der Waals surface area contributed by atoms with Crippen LogP contribution in [0.25, 0.3) is 11.3 Å². The van der Waals surface area contributed by atoms with Crippen LogP contribution in [0.5, 0.6) is 0 Å². The highest BCUT2D eigenvalue weighted by atomic mass is 35.5. The number of nitrogens with one attached hydrogen (secondary N) is 2. The molecule has 1 atom stereocenters. The van der Waals surface area contributed by atoms with Crippen LogP contribution in [-0.4, -0.2) is 47.3 Å². The van der Waals surface area contributed by atoms with Gasteiger partial charge in [-0.05, 0) is 35.4 Å². The van der Waals surface area contributed by atoms with Crippen LogP contribution in [0.1, 0.15) is 32.8 Å². The number of allylic oxidation sites excluding steroid dienone is 1. The molecular weight excluding hydrogens is 438 g/mol. The molecule has 33 heavy (non-hydrogen) atoms. The number of urea groups is 1. The van der Waals surface area contributed by atoms with Gasteiger partial charge in [0, 0.05) is 55.9 Å². The molecule has 1 aliphatic heterocycles. The van der Waals surface area contributed by atoms with E-state index in [0.29, 0.717) is 34.8 Å². The molecule has 1 saturated heterocycles. The zero-order chi connectivity index (χ0) is 24.0. The Bertz CT molecular complexity index is 1050. The summed E-state index contributed by atoms with van der Waals surface area (Å²) in [7, 11) is 1.65. The molecular formula is C24H32ClN7O. The van der Waals surface area contributed by atoms with Crippen LogP contribution in [0.2, 0.25) is 5.02 Å². The first kappa shape index (κ1) is 24.5. The maximum absolute atomic E-state index is 12.6. The summed E-state index contributed by atoms with van der Waals surface area (Å²) in [6.45, 7) is 8.62. The Balaban J connectivity index is 1.64. The number of anilines is 1. The standard InChI is InChI=1S/C24H32ClN7O/c1-24(2,3)18-8-10-32(15-18)23(33)29-13-17-6-5-16(11-20(17)25)21-7-9-28-22(31-21)30-19(12-26)14-27-4/h5-7,9,11-12,14,18H,8,10,13,15,26H2,1-4H3,(H,29,33)(H,28,30,31). The second-order valence-electron chi connectivity index (χ2n) is 9.16. The number of likely N-dealkylation sites (tertiary alicyclic amines) is 1. The molecule has 8 nitrogen and oxygen atoms in total. The van der Waals surface area contributed by atoms with Crippen LogP contribution in [0.15, 0.2) is 47.4 Å². The highest BCUT2D eigenvalue weighted by Gasteiger charge is 2.33. The van der Waals surface area contributed by atoms with Gasteiger partial charge in [-0.3, -0.25) is 4.99 Å². The Morgan fingerprint density at radius 3 is 2.79 bits per heavy atom. The fourth-order valence-electron chi connectivity index (χ4n) is 3.75. The molecule has 2 aromatic rings. The minimum Gasteiger partial charge on any atom is -0.403 e. The molecule has 1 aliphatic rings. The van der Waals surface area contributed by atoms with Gasteiger partial charge in [-0.25, -0.2) is 14.8 Å². The number of amides is 2. The maximum Gasteiger partial charge on any atom is 0.317 e. The van der Waals surface area contributed by atoms with Gasteiger partial charge in [0.25, 0.3) is 0 Å². The van der Waals surface area contributed by atoms with Gasteiger partial charge in [-0.2, -0.15) is 0 Å². The molecule has 3 rings (SSSR count). The highest BCUT2D eigenvalue weighted by Crippen LogP contribution is 2.33. The minimum atomic E-state index is -0.0483. The van der Waals surface area contributed by atoms with E-state index in [-0.39, 0.29) is 11.4 Å². The quantitative estimate of drug-likeness (QED) is 0.547. The summed E-state index contributed by atoms with van der Waals surface area (Å²) in [5.74, 6) is 0.916. The predicted octanol–water partition coefficient (Wildman–Crippen LogP) is 4.29. The van der Waals surface area contributed by atoms with Crippen LogP contribution in [0.4, 0.5) is 10.7 Å². The molecule has 0 bridgehead atoms. The summed E-state index contributed by atoms with van der Waals surface area (Å²) in [6, 6.07) is 7.43. The average molecular weight is 470 g/mol. The second kappa shape index (κ2) is 10.7. The maximum atomic E-state index is 12.6. The molecule has 9 heteroatoms. The third-order valence-corrected chi connectivity index (χ3v) is 6.19. The van der Waals surface area contributed by atoms with Gasteiger partial charge >= 0.3 is 6.03 Å². The van der Waals surface area contributed by atoms with Gasteiger partial charge in [-0.15, -0.1) is 0 Å². The summed E-state index contributed by atoms with van der Waals surface area (Å²) in [5.41, 5.74) is 8.78. The molecule has 1 aromatic carbocycles. The molecule has 1 fully saturated rings. The van der Waals surface area contributed by atoms with E-state index in [9.17, 15) is 4.79 Å². The molecule has 2 heterocycles. The fourth-order valence-corrected chi connectivity index (χ4v) is 4.00. The van der Waals surface area contributed by atoms with E-state index in [1.165, 1.54) is 6.20 Å². The van der Waals surface area contributed by atoms with Gasteiger partial charge in [0.2, 0.25) is 5.95 Å². The molecule has 0 spiro atoms. The van der Waals surface area contributed by atoms with Crippen molar-refractivity contribution in [3.8, 4) is 11.3 Å². The zero-order valence-electron chi connectivity index (χ0n) is 19.6. The van der Waals surface area contributed by atoms with Gasteiger partial charge in [0.05, 0.1) is 11.4 Å². The summed E-state index contributed by atoms with van der Waals surface area (Å²) < 4.78 is 0. The first-order chi connectivity index (χ1) is 15.7. The van der Waals surface area contributed by atoms with Crippen LogP contribution >= 0.6 is 11.6 Å². The average Bonchev–Trinajstić information content (AvgIpc) is 3.29. The van der Waals surface area contributed by atoms with Gasteiger partial charge in [0.1, 0.15) is 0 Å². The minimum absolute atomic E-state index is 0.0483. The van der Waals surface area contributed by atoms with Crippen molar-refractivity contribution in [3.63, 3.8) is 0 Å². The molecule has 0 saturated carbocycles. The Morgan fingerprint density at radius 1 is 1.36 bits per heavy atom. The number of halogens is 1. The number of carbonyl (C=O) groups is 1. The normalized spacial score (nSPS) is 16.9. The number of hydrogen-bond donors (Lipinski definition) is 3. The Labute approximate surface area is 200 Å². The summed E-state index contributed by atoms with van der Waals surface area (Å²) in [4.78, 5) is 27.2. The van der Waals surface area contributed by atoms with E-state index in [1.807, 2.05) is 23.1 Å². The van der Waals surface area contributed by atoms with Crippen molar-refractivity contribution >= 4 is 29.8 Å². The number of aromatic nitrogens is 2. The van der Waals surface area contributed by atoms with Crippen molar-refractivity contribution in [2.24, 2.45) is 22.1 Å². The highest BCUT2D eigenvalue weighted by molar-refractivity contribution is 6.31. The SMILES string of the molecule is CN=CC(=CN)Nc1nccc(-c2ccc(CNC(=O)N3CCC(C(C)(C)C)C3)c(Cl)c2)n1. The number of rotatable bonds is 6. The van der Waals surface area contributed by atoms with Crippen LogP contribution in [0, 0.1) is 11.3 Å². The predicted molar refractivity (Wildman–Crippen MR) is 134 cm³/mol. The number of nitrogens with two attached hydrogens (primary N) is 1. The molecule has 2 amide bonds. The first-order valence-corrected chi connectivity index (χ1v) is 11.3. The summed E-state index contributed by atoms with van der Waals surface area (Å²) >= 11 is 6.53. The van der Waals surface area contributed by atoms with Crippen LogP contribution < -0.4 is 16.4 Å². The lowest BCUT2D eigenvalue weighted by molar-refractivity contribution is 0.196. The van der Waals surface area contributed by atoms with Gasteiger partial charge < -0.3 is 21.3 Å². The number of aliphatic imine (C=N–C) groups is 1. The smallest absolute Gasteiger partial charge is 0.317 e. The zero-order valence-corrected chi connectivity index (χ0v) is 20.4. The van der Waals surface area contributed by atoms with Crippen molar-refractivity contribution < 1.29 is 4.79 Å². The van der Waals surface area contributed by atoms with Crippen molar-refractivity contribution in [2.75, 3.05) is 25.5 Å². The molecule has 1 aromatic heterocycles. The number of carbonyl (C=O) groups excluding carboxylic acids is 1. The molecule has 176 valence electrons. The van der Waals surface area contributed by atoms with E-state index in [2.05, 4.69) is 46.4 Å². The van der Waals surface area contributed by atoms with Gasteiger partial charge in [-0.1, -0.05) is 44.5 Å². The van der Waals surface area contributed by atoms with Crippen molar-refractivity contribution in [3.05, 3.63) is 52.9 Å². The topological polar surface area (TPSA) is 109 Å². The molecule has 1 unspecified atom stereocenters. The lowest BCUT2D eigenvalue weighted by atomic mass is 9.80. The summed E-state index contributed by atoms with van der Waals surface area (Å²) in [5, 5.41) is 6.58. The fraction of sp³-hybridized carbons (Fsp3) is 0.417. The van der Waals surface area contributed by atoms with Crippen molar-refractivity contribution in [1.82, 2.24) is 20.2 Å². The monoisotopic (exact) mass is 469 g/mol. The number of benzene rings is 1. The second-order valence-corrected chi connectivity index (χ2v) is 9.57. The van der Waals surface area contributed by atoms with E-state index < -0.39 is 0 Å². The van der Waals surface area contributed by atoms with E-state index in [1.54, 1.807) is 25.5 Å². The largest absolute Gasteiger partial charge is 0.403 e. The molecule has 0 radical (unpaired) electrons. The van der Waals surface area contributed by atoms with Crippen molar-refractivity contribution in [2.45, 2.75) is 33.7 Å². The number of nitrogens with zero attached hydrogens (tertiary/aromatic N) is 4. The Kier molecular flexibility index (Phi) is 7.92. The summed E-state index contributed by atoms with van der Waals surface area (Å²) in [6.07, 6.45) is 5.68. The van der Waals surface area contributed by atoms with Crippen molar-refractivity contribution in [1.29, 1.82) is 0 Å². The third-order valence-electron chi connectivity index (χ3n) is 5.84. The first-order valence-electron chi connectivity index (χ1n) is 11.0. The lowest BCUT2D eigenvalue weighted by Gasteiger charge is -2.27. The number of hydrogen-bond acceptors (Lipinski definition) is 6. The van der Waals surface area contributed by atoms with Crippen LogP contribution in [0.3, 0.4) is 0 Å². The van der Waals surface area contributed by atoms with Crippen LogP contribution in [-0.2, 0) is 6.54 Å². The Morgan fingerprint density at radius 2 is 2.15 bits per heavy atom. The van der Waals surface area contributed by atoms with E-state index >= 15 is 0 Å². The molecule has 4 N–H and O–H groups in total. The Hall–Kier alpha value is -3.13. The lowest BCUT2D eigenvalue weighted by Crippen LogP contribution is -2.39.